The highest BCUT2D eigenvalue weighted by Crippen LogP contribution is 2.38. The molecule has 0 rings (SSSR count). The number of hydrogen-bond acceptors (Lipinski definition) is 8. The molecule has 0 radical (unpaired) electrons. The van der Waals surface area contributed by atoms with Crippen molar-refractivity contribution in [3.05, 3.63) is 12.2 Å². The molecular formula is C56H110NO8P. The largest absolute Gasteiger partial charge is 0.756 e. The third-order valence-corrected chi connectivity index (χ3v) is 13.7. The van der Waals surface area contributed by atoms with Crippen molar-refractivity contribution in [2.45, 2.75) is 290 Å². The molecule has 0 aromatic rings. The van der Waals surface area contributed by atoms with Gasteiger partial charge in [0.1, 0.15) is 19.8 Å². The minimum Gasteiger partial charge on any atom is -0.756 e. The molecule has 66 heavy (non-hydrogen) atoms. The standard InChI is InChI=1S/C56H110NO8P/c1-6-8-10-12-14-16-18-20-22-24-26-27-28-29-30-31-33-34-36-38-40-42-44-46-48-55(58)62-52-54(53-64-66(60,61)63-51-50-57(3,4)5)65-56(59)49-47-45-43-41-39-37-35-32-25-23-21-19-17-15-13-11-9-7-2/h23,25,54H,6-22,24,26-53H2,1-5H3/b25-23-. The Morgan fingerprint density at radius 2 is 0.773 bits per heavy atom. The van der Waals surface area contributed by atoms with Crippen molar-refractivity contribution in [3.8, 4) is 0 Å². The maximum atomic E-state index is 12.8. The number of phosphoric acid groups is 1. The lowest BCUT2D eigenvalue weighted by atomic mass is 10.0. The monoisotopic (exact) mass is 956 g/mol. The topological polar surface area (TPSA) is 111 Å². The van der Waals surface area contributed by atoms with Gasteiger partial charge in [-0.2, -0.15) is 0 Å². The number of quaternary nitrogens is 1. The molecule has 392 valence electrons. The van der Waals surface area contributed by atoms with E-state index in [9.17, 15) is 19.0 Å². The highest BCUT2D eigenvalue weighted by molar-refractivity contribution is 7.45. The number of carbonyl (C=O) groups is 2. The van der Waals surface area contributed by atoms with Crippen LogP contribution in [0.1, 0.15) is 284 Å². The molecule has 0 fully saturated rings. The first-order valence-corrected chi connectivity index (χ1v) is 29.9. The second kappa shape index (κ2) is 48.8. The van der Waals surface area contributed by atoms with Crippen molar-refractivity contribution >= 4 is 19.8 Å². The average molecular weight is 956 g/mol. The van der Waals surface area contributed by atoms with Crippen LogP contribution in [0, 0.1) is 0 Å². The van der Waals surface area contributed by atoms with Crippen LogP contribution in [0.4, 0.5) is 0 Å². The second-order valence-electron chi connectivity index (χ2n) is 20.7. The lowest BCUT2D eigenvalue weighted by Crippen LogP contribution is -2.37. The average Bonchev–Trinajstić information content (AvgIpc) is 3.27. The molecule has 9 nitrogen and oxygen atoms in total. The highest BCUT2D eigenvalue weighted by Gasteiger charge is 2.22. The van der Waals surface area contributed by atoms with Crippen LogP contribution in [0.2, 0.25) is 0 Å². The Morgan fingerprint density at radius 1 is 0.455 bits per heavy atom. The third-order valence-electron chi connectivity index (χ3n) is 12.8. The van der Waals surface area contributed by atoms with E-state index in [2.05, 4.69) is 26.0 Å². The number of ether oxygens (including phenoxy) is 2. The number of carbonyl (C=O) groups excluding carboxylic acids is 2. The van der Waals surface area contributed by atoms with Crippen molar-refractivity contribution in [3.63, 3.8) is 0 Å². The SMILES string of the molecule is CCCCCCCCC/C=C\CCCCCCCCCC(=O)OC(COC(=O)CCCCCCCCCCCCCCCCCCCCCCCCCC)COP(=O)([O-])OCC[N+](C)(C)C. The van der Waals surface area contributed by atoms with Gasteiger partial charge in [-0.3, -0.25) is 14.2 Å². The van der Waals surface area contributed by atoms with Crippen LogP contribution in [0.25, 0.3) is 0 Å². The summed E-state index contributed by atoms with van der Waals surface area (Å²) < 4.78 is 34.1. The van der Waals surface area contributed by atoms with E-state index >= 15 is 0 Å². The summed E-state index contributed by atoms with van der Waals surface area (Å²) in [6.07, 6.45) is 55.4. The number of nitrogens with zero attached hydrogens (tertiary/aromatic N) is 1. The van der Waals surface area contributed by atoms with Crippen molar-refractivity contribution in [2.75, 3.05) is 47.5 Å². The first-order valence-electron chi connectivity index (χ1n) is 28.4. The Bertz CT molecular complexity index is 1130. The van der Waals surface area contributed by atoms with Crippen LogP contribution in [-0.2, 0) is 32.7 Å². The van der Waals surface area contributed by atoms with Crippen LogP contribution in [0.3, 0.4) is 0 Å². The molecule has 0 aliphatic carbocycles. The number of rotatable bonds is 53. The molecule has 0 aromatic carbocycles. The lowest BCUT2D eigenvalue weighted by Gasteiger charge is -2.28. The fourth-order valence-electron chi connectivity index (χ4n) is 8.36. The maximum Gasteiger partial charge on any atom is 0.306 e. The Balaban J connectivity index is 4.12. The van der Waals surface area contributed by atoms with Crippen LogP contribution >= 0.6 is 7.82 Å². The smallest absolute Gasteiger partial charge is 0.306 e. The van der Waals surface area contributed by atoms with Gasteiger partial charge in [0.05, 0.1) is 27.7 Å². The molecular weight excluding hydrogens is 846 g/mol. The minimum atomic E-state index is -4.63. The fraction of sp³-hybridized carbons (Fsp3) is 0.929. The minimum absolute atomic E-state index is 0.0281. The molecule has 0 aliphatic heterocycles. The van der Waals surface area contributed by atoms with Gasteiger partial charge in [-0.1, -0.05) is 244 Å². The molecule has 0 bridgehead atoms. The molecule has 0 aliphatic rings. The summed E-state index contributed by atoms with van der Waals surface area (Å²) in [6, 6.07) is 0. The van der Waals surface area contributed by atoms with Gasteiger partial charge in [0, 0.05) is 12.8 Å². The van der Waals surface area contributed by atoms with Crippen molar-refractivity contribution in [1.82, 2.24) is 0 Å². The molecule has 2 atom stereocenters. The Morgan fingerprint density at radius 3 is 1.12 bits per heavy atom. The Kier molecular flexibility index (Phi) is 47.8. The van der Waals surface area contributed by atoms with Crippen molar-refractivity contribution in [1.29, 1.82) is 0 Å². The molecule has 0 spiro atoms. The quantitative estimate of drug-likeness (QED) is 0.0195. The van der Waals surface area contributed by atoms with E-state index in [0.717, 1.165) is 44.9 Å². The highest BCUT2D eigenvalue weighted by atomic mass is 31.2. The van der Waals surface area contributed by atoms with Gasteiger partial charge in [-0.05, 0) is 38.5 Å². The summed E-state index contributed by atoms with van der Waals surface area (Å²) in [5.41, 5.74) is 0. The number of allylic oxidation sites excluding steroid dienone is 2. The maximum absolute atomic E-state index is 12.8. The van der Waals surface area contributed by atoms with E-state index in [4.69, 9.17) is 18.5 Å². The zero-order valence-electron chi connectivity index (χ0n) is 44.4. The molecule has 10 heteroatoms. The van der Waals surface area contributed by atoms with E-state index in [1.165, 1.54) is 205 Å². The number of phosphoric ester groups is 1. The summed E-state index contributed by atoms with van der Waals surface area (Å²) >= 11 is 0. The third kappa shape index (κ3) is 52.1. The Hall–Kier alpha value is -1.25. The molecule has 0 amide bonds. The van der Waals surface area contributed by atoms with Gasteiger partial charge in [0.25, 0.3) is 7.82 Å². The van der Waals surface area contributed by atoms with E-state index in [1.54, 1.807) is 0 Å². The van der Waals surface area contributed by atoms with Crippen LogP contribution < -0.4 is 4.89 Å². The summed E-state index contributed by atoms with van der Waals surface area (Å²) in [4.78, 5) is 37.8. The molecule has 0 saturated heterocycles. The van der Waals surface area contributed by atoms with E-state index in [1.807, 2.05) is 21.1 Å². The first-order chi connectivity index (χ1) is 32.0. The van der Waals surface area contributed by atoms with Crippen LogP contribution in [-0.4, -0.2) is 70.0 Å². The molecule has 0 saturated carbocycles. The number of likely N-dealkylation sites (N-methyl/N-ethyl adjacent to an activating group) is 1. The predicted octanol–water partition coefficient (Wildman–Crippen LogP) is 16.6. The second-order valence-corrected chi connectivity index (χ2v) is 22.1. The first kappa shape index (κ1) is 64.8. The molecule has 0 aromatic heterocycles. The molecule has 2 unspecified atom stereocenters. The summed E-state index contributed by atoms with van der Waals surface area (Å²) in [5, 5.41) is 0. The van der Waals surface area contributed by atoms with Crippen molar-refractivity contribution < 1.29 is 42.1 Å². The lowest BCUT2D eigenvalue weighted by molar-refractivity contribution is -0.870. The van der Waals surface area contributed by atoms with E-state index in [0.29, 0.717) is 17.4 Å². The normalized spacial score (nSPS) is 13.4. The zero-order chi connectivity index (χ0) is 48.5. The van der Waals surface area contributed by atoms with Crippen LogP contribution in [0.15, 0.2) is 12.2 Å². The van der Waals surface area contributed by atoms with Gasteiger partial charge >= 0.3 is 11.9 Å². The Labute approximate surface area is 409 Å². The number of unbranched alkanes of at least 4 members (excludes halogenated alkanes) is 37. The van der Waals surface area contributed by atoms with Gasteiger partial charge < -0.3 is 27.9 Å². The van der Waals surface area contributed by atoms with Gasteiger partial charge in [0.15, 0.2) is 6.10 Å². The number of hydrogen-bond donors (Lipinski definition) is 0. The summed E-state index contributed by atoms with van der Waals surface area (Å²) in [7, 11) is 1.18. The van der Waals surface area contributed by atoms with E-state index in [-0.39, 0.29) is 32.0 Å². The molecule has 0 N–H and O–H groups in total. The van der Waals surface area contributed by atoms with Gasteiger partial charge in [0.2, 0.25) is 0 Å². The van der Waals surface area contributed by atoms with E-state index < -0.39 is 26.5 Å². The van der Waals surface area contributed by atoms with Crippen LogP contribution in [0.5, 0.6) is 0 Å². The summed E-state index contributed by atoms with van der Waals surface area (Å²) in [6.45, 7) is 4.29. The zero-order valence-corrected chi connectivity index (χ0v) is 45.3. The van der Waals surface area contributed by atoms with Crippen molar-refractivity contribution in [2.24, 2.45) is 0 Å². The summed E-state index contributed by atoms with van der Waals surface area (Å²) in [5.74, 6) is -0.821. The predicted molar refractivity (Wildman–Crippen MR) is 278 cm³/mol. The number of esters is 2. The molecule has 0 heterocycles. The van der Waals surface area contributed by atoms with Gasteiger partial charge in [-0.15, -0.1) is 0 Å². The van der Waals surface area contributed by atoms with Gasteiger partial charge in [-0.25, -0.2) is 0 Å². The fourth-order valence-corrected chi connectivity index (χ4v) is 9.09.